The number of furan rings is 1. The van der Waals surface area contributed by atoms with Gasteiger partial charge in [-0.2, -0.15) is 4.31 Å². The van der Waals surface area contributed by atoms with Crippen LogP contribution in [0, 0.1) is 0 Å². The Balaban J connectivity index is 2.83. The van der Waals surface area contributed by atoms with Gasteiger partial charge in [0.2, 0.25) is 5.09 Å². The molecule has 0 saturated heterocycles. The third-order valence-corrected chi connectivity index (χ3v) is 3.98. The molecule has 0 aliphatic carbocycles. The van der Waals surface area contributed by atoms with Gasteiger partial charge in [-0.15, -0.1) is 0 Å². The summed E-state index contributed by atoms with van der Waals surface area (Å²) in [6.45, 7) is 0.962. The van der Waals surface area contributed by atoms with Gasteiger partial charge >= 0.3 is 0 Å². The number of hydrogen-bond acceptors (Lipinski definition) is 5. The minimum atomic E-state index is -3.64. The van der Waals surface area contributed by atoms with Crippen LogP contribution in [0.3, 0.4) is 0 Å². The van der Waals surface area contributed by atoms with Crippen molar-refractivity contribution in [3.8, 4) is 0 Å². The van der Waals surface area contributed by atoms with E-state index in [0.717, 1.165) is 0 Å². The largest absolute Gasteiger partial charge is 0.440 e. The second-order valence-electron chi connectivity index (χ2n) is 3.90. The highest BCUT2D eigenvalue weighted by Crippen LogP contribution is 2.16. The number of carbonyl (C=O) groups excluding carboxylic acids is 1. The second kappa shape index (κ2) is 5.44. The normalized spacial score (nSPS) is 12.3. The average Bonchev–Trinajstić information content (AvgIpc) is 2.74. The molecule has 0 aliphatic heterocycles. The van der Waals surface area contributed by atoms with Crippen molar-refractivity contribution in [2.45, 2.75) is 5.09 Å². The van der Waals surface area contributed by atoms with Crippen LogP contribution in [0.4, 0.5) is 0 Å². The maximum atomic E-state index is 12.0. The van der Waals surface area contributed by atoms with Crippen molar-refractivity contribution in [3.05, 3.63) is 17.9 Å². The van der Waals surface area contributed by atoms with E-state index < -0.39 is 10.0 Å². The fourth-order valence-electron chi connectivity index (χ4n) is 1.15. The summed E-state index contributed by atoms with van der Waals surface area (Å²) in [6, 6.07) is 2.62. The second-order valence-corrected chi connectivity index (χ2v) is 5.88. The topological polar surface area (TPSA) is 70.8 Å². The van der Waals surface area contributed by atoms with E-state index in [1.165, 1.54) is 23.5 Å². The molecule has 1 rings (SSSR count). The standard InChI is InChI=1S/C10H16N2O4S/c1-11(2)6-7-12(3)17(14,15)10-5-4-9(8-13)16-10/h4-5,8H,6-7H2,1-3H3. The summed E-state index contributed by atoms with van der Waals surface area (Å²) in [4.78, 5) is 12.3. The summed E-state index contributed by atoms with van der Waals surface area (Å²) < 4.78 is 30.1. The first-order valence-electron chi connectivity index (χ1n) is 5.04. The molecule has 0 fully saturated rings. The molecule has 96 valence electrons. The van der Waals surface area contributed by atoms with E-state index in [0.29, 0.717) is 19.4 Å². The van der Waals surface area contributed by atoms with E-state index in [9.17, 15) is 13.2 Å². The van der Waals surface area contributed by atoms with Crippen LogP contribution < -0.4 is 0 Å². The van der Waals surface area contributed by atoms with E-state index in [1.807, 2.05) is 19.0 Å². The Labute approximate surface area is 101 Å². The molecule has 0 bridgehead atoms. The lowest BCUT2D eigenvalue weighted by Gasteiger charge is -2.17. The molecule has 0 aliphatic rings. The van der Waals surface area contributed by atoms with Gasteiger partial charge in [0.15, 0.2) is 12.0 Å². The summed E-state index contributed by atoms with van der Waals surface area (Å²) in [6.07, 6.45) is 0.471. The zero-order valence-corrected chi connectivity index (χ0v) is 10.9. The quantitative estimate of drug-likeness (QED) is 0.687. The van der Waals surface area contributed by atoms with E-state index in [1.54, 1.807) is 0 Å². The van der Waals surface area contributed by atoms with Crippen molar-refractivity contribution in [2.75, 3.05) is 34.2 Å². The first-order valence-corrected chi connectivity index (χ1v) is 6.48. The van der Waals surface area contributed by atoms with E-state index in [-0.39, 0.29) is 10.9 Å². The fourth-order valence-corrected chi connectivity index (χ4v) is 2.22. The van der Waals surface area contributed by atoms with Gasteiger partial charge in [-0.1, -0.05) is 0 Å². The Hall–Kier alpha value is -1.18. The number of nitrogens with zero attached hydrogens (tertiary/aromatic N) is 2. The summed E-state index contributed by atoms with van der Waals surface area (Å²) in [5.74, 6) is 0.00424. The number of carbonyl (C=O) groups is 1. The minimum absolute atomic E-state index is 0.00424. The van der Waals surface area contributed by atoms with Crippen LogP contribution in [-0.4, -0.2) is 58.1 Å². The van der Waals surface area contributed by atoms with Crippen molar-refractivity contribution in [1.82, 2.24) is 9.21 Å². The predicted molar refractivity (Wildman–Crippen MR) is 62.5 cm³/mol. The predicted octanol–water partition coefficient (Wildman–Crippen LogP) is 0.274. The molecular formula is C10H16N2O4S. The van der Waals surface area contributed by atoms with Gasteiger partial charge in [0, 0.05) is 20.1 Å². The smallest absolute Gasteiger partial charge is 0.276 e. The lowest BCUT2D eigenvalue weighted by atomic mass is 10.5. The van der Waals surface area contributed by atoms with Crippen LogP contribution in [-0.2, 0) is 10.0 Å². The third-order valence-electron chi connectivity index (χ3n) is 2.24. The number of aldehydes is 1. The third kappa shape index (κ3) is 3.39. The molecule has 0 atom stereocenters. The number of hydrogen-bond donors (Lipinski definition) is 0. The lowest BCUT2D eigenvalue weighted by Crippen LogP contribution is -2.33. The lowest BCUT2D eigenvalue weighted by molar-refractivity contribution is 0.109. The highest BCUT2D eigenvalue weighted by atomic mass is 32.2. The molecule has 1 heterocycles. The van der Waals surface area contributed by atoms with Crippen molar-refractivity contribution in [1.29, 1.82) is 0 Å². The molecule has 0 saturated carbocycles. The monoisotopic (exact) mass is 260 g/mol. The molecule has 17 heavy (non-hydrogen) atoms. The number of sulfonamides is 1. The Morgan fingerprint density at radius 1 is 1.24 bits per heavy atom. The molecule has 1 aromatic heterocycles. The molecule has 0 amide bonds. The van der Waals surface area contributed by atoms with Crippen molar-refractivity contribution < 1.29 is 17.6 Å². The number of rotatable bonds is 6. The summed E-state index contributed by atoms with van der Waals surface area (Å²) >= 11 is 0. The van der Waals surface area contributed by atoms with Gasteiger partial charge in [-0.25, -0.2) is 8.42 Å². The van der Waals surface area contributed by atoms with E-state index in [4.69, 9.17) is 4.42 Å². The van der Waals surface area contributed by atoms with E-state index >= 15 is 0 Å². The van der Waals surface area contributed by atoms with Crippen LogP contribution >= 0.6 is 0 Å². The Morgan fingerprint density at radius 2 is 1.88 bits per heavy atom. The minimum Gasteiger partial charge on any atom is -0.440 e. The van der Waals surface area contributed by atoms with Crippen LogP contribution in [0.15, 0.2) is 21.6 Å². The molecule has 0 radical (unpaired) electrons. The summed E-state index contributed by atoms with van der Waals surface area (Å²) in [5, 5.41) is -0.208. The zero-order chi connectivity index (χ0) is 13.1. The highest BCUT2D eigenvalue weighted by molar-refractivity contribution is 7.89. The maximum absolute atomic E-state index is 12.0. The van der Waals surface area contributed by atoms with Gasteiger partial charge in [0.05, 0.1) is 0 Å². The van der Waals surface area contributed by atoms with Crippen LogP contribution in [0.5, 0.6) is 0 Å². The first-order chi connectivity index (χ1) is 7.87. The van der Waals surface area contributed by atoms with Crippen molar-refractivity contribution in [2.24, 2.45) is 0 Å². The number of likely N-dealkylation sites (N-methyl/N-ethyl adjacent to an activating group) is 2. The average molecular weight is 260 g/mol. The van der Waals surface area contributed by atoms with Crippen LogP contribution in [0.2, 0.25) is 0 Å². The maximum Gasteiger partial charge on any atom is 0.276 e. The molecule has 1 aromatic rings. The summed E-state index contributed by atoms with van der Waals surface area (Å²) in [7, 11) is 1.55. The van der Waals surface area contributed by atoms with Crippen molar-refractivity contribution in [3.63, 3.8) is 0 Å². The molecule has 6 nitrogen and oxygen atoms in total. The van der Waals surface area contributed by atoms with Gasteiger partial charge < -0.3 is 9.32 Å². The molecule has 0 spiro atoms. The SMILES string of the molecule is CN(C)CCN(C)S(=O)(=O)c1ccc(C=O)o1. The summed E-state index contributed by atoms with van der Waals surface area (Å²) in [5.41, 5.74) is 0. The highest BCUT2D eigenvalue weighted by Gasteiger charge is 2.24. The van der Waals surface area contributed by atoms with Gasteiger partial charge in [0.25, 0.3) is 10.0 Å². The van der Waals surface area contributed by atoms with Gasteiger partial charge in [-0.3, -0.25) is 4.79 Å². The molecule has 0 unspecified atom stereocenters. The molecule has 0 N–H and O–H groups in total. The Bertz CT molecular complexity index is 478. The molecule has 7 heteroatoms. The first kappa shape index (κ1) is 13.9. The van der Waals surface area contributed by atoms with Gasteiger partial charge in [-0.05, 0) is 26.2 Å². The fraction of sp³-hybridized carbons (Fsp3) is 0.500. The van der Waals surface area contributed by atoms with Crippen LogP contribution in [0.1, 0.15) is 10.6 Å². The van der Waals surface area contributed by atoms with E-state index in [2.05, 4.69) is 0 Å². The van der Waals surface area contributed by atoms with Crippen LogP contribution in [0.25, 0.3) is 0 Å². The molecular weight excluding hydrogens is 244 g/mol. The Morgan fingerprint density at radius 3 is 2.35 bits per heavy atom. The zero-order valence-electron chi connectivity index (χ0n) is 10.1. The Kier molecular flexibility index (Phi) is 4.44. The van der Waals surface area contributed by atoms with Gasteiger partial charge in [0.1, 0.15) is 0 Å². The van der Waals surface area contributed by atoms with Crippen molar-refractivity contribution >= 4 is 16.3 Å². The molecule has 0 aromatic carbocycles.